The fourth-order valence-corrected chi connectivity index (χ4v) is 1.19. The Morgan fingerprint density at radius 2 is 2.31 bits per heavy atom. The van der Waals surface area contributed by atoms with E-state index in [1.807, 2.05) is 0 Å². The van der Waals surface area contributed by atoms with Gasteiger partial charge in [-0.15, -0.1) is 0 Å². The second-order valence-corrected chi connectivity index (χ2v) is 3.22. The lowest BCUT2D eigenvalue weighted by Crippen LogP contribution is -2.24. The average molecular weight is 177 g/mol. The summed E-state index contributed by atoms with van der Waals surface area (Å²) in [6.45, 7) is 0. The lowest BCUT2D eigenvalue weighted by molar-refractivity contribution is 0.111. The van der Waals surface area contributed by atoms with Crippen molar-refractivity contribution in [3.05, 3.63) is 23.9 Å². The molecule has 0 saturated heterocycles. The summed E-state index contributed by atoms with van der Waals surface area (Å²) in [5, 5.41) is 0. The molecule has 1 aromatic rings. The molecule has 0 aromatic carbocycles. The minimum atomic E-state index is 0.342. The quantitative estimate of drug-likeness (QED) is 0.661. The molecular weight excluding hydrogens is 166 g/mol. The van der Waals surface area contributed by atoms with Crippen molar-refractivity contribution in [1.29, 1.82) is 0 Å². The molecule has 0 spiro atoms. The van der Waals surface area contributed by atoms with E-state index in [0.29, 0.717) is 17.5 Å². The largest absolute Gasteiger partial charge is 0.474 e. The molecule has 0 unspecified atom stereocenters. The maximum atomic E-state index is 10.3. The van der Waals surface area contributed by atoms with Crippen molar-refractivity contribution in [3.8, 4) is 5.88 Å². The summed E-state index contributed by atoms with van der Waals surface area (Å²) < 4.78 is 5.52. The van der Waals surface area contributed by atoms with Crippen LogP contribution in [-0.4, -0.2) is 17.4 Å². The Morgan fingerprint density at radius 3 is 2.77 bits per heavy atom. The van der Waals surface area contributed by atoms with Crippen LogP contribution in [0.1, 0.15) is 29.6 Å². The van der Waals surface area contributed by atoms with Crippen molar-refractivity contribution >= 4 is 6.29 Å². The first kappa shape index (κ1) is 8.23. The van der Waals surface area contributed by atoms with Crippen molar-refractivity contribution < 1.29 is 9.53 Å². The van der Waals surface area contributed by atoms with Gasteiger partial charge in [0.25, 0.3) is 0 Å². The van der Waals surface area contributed by atoms with Crippen molar-refractivity contribution in [1.82, 2.24) is 4.98 Å². The van der Waals surface area contributed by atoms with Crippen molar-refractivity contribution in [2.75, 3.05) is 0 Å². The van der Waals surface area contributed by atoms with Crippen LogP contribution >= 0.6 is 0 Å². The Hall–Kier alpha value is -1.38. The van der Waals surface area contributed by atoms with E-state index in [1.54, 1.807) is 12.1 Å². The van der Waals surface area contributed by atoms with E-state index in [2.05, 4.69) is 4.98 Å². The van der Waals surface area contributed by atoms with Crippen LogP contribution in [0, 0.1) is 0 Å². The molecule has 1 heterocycles. The lowest BCUT2D eigenvalue weighted by atomic mass is 9.96. The van der Waals surface area contributed by atoms with Gasteiger partial charge in [-0.1, -0.05) is 0 Å². The number of aromatic nitrogens is 1. The van der Waals surface area contributed by atoms with Gasteiger partial charge in [0.05, 0.1) is 0 Å². The van der Waals surface area contributed by atoms with Crippen LogP contribution in [0.2, 0.25) is 0 Å². The summed E-state index contributed by atoms with van der Waals surface area (Å²) in [5.41, 5.74) is 0.584. The van der Waals surface area contributed by atoms with Crippen molar-refractivity contribution in [2.24, 2.45) is 0 Å². The van der Waals surface area contributed by atoms with Crippen LogP contribution in [0.4, 0.5) is 0 Å². The zero-order valence-corrected chi connectivity index (χ0v) is 7.27. The highest BCUT2D eigenvalue weighted by Crippen LogP contribution is 2.23. The molecule has 1 fully saturated rings. The number of aldehydes is 1. The SMILES string of the molecule is O=Cc1ccc(OC2CCC2)nc1. The predicted molar refractivity (Wildman–Crippen MR) is 47.9 cm³/mol. The summed E-state index contributed by atoms with van der Waals surface area (Å²) in [4.78, 5) is 14.3. The maximum Gasteiger partial charge on any atom is 0.213 e. The fourth-order valence-electron chi connectivity index (χ4n) is 1.19. The molecule has 68 valence electrons. The highest BCUT2D eigenvalue weighted by atomic mass is 16.5. The first-order chi connectivity index (χ1) is 6.38. The second kappa shape index (κ2) is 3.56. The second-order valence-electron chi connectivity index (χ2n) is 3.22. The number of hydrogen-bond donors (Lipinski definition) is 0. The van der Waals surface area contributed by atoms with Gasteiger partial charge in [-0.3, -0.25) is 4.79 Å². The number of hydrogen-bond acceptors (Lipinski definition) is 3. The van der Waals surface area contributed by atoms with E-state index in [9.17, 15) is 4.79 Å². The maximum absolute atomic E-state index is 10.3. The Kier molecular flexibility index (Phi) is 2.25. The number of ether oxygens (including phenoxy) is 1. The molecule has 0 atom stereocenters. The fraction of sp³-hybridized carbons (Fsp3) is 0.400. The van der Waals surface area contributed by atoms with E-state index in [0.717, 1.165) is 19.1 Å². The first-order valence-corrected chi connectivity index (χ1v) is 4.46. The first-order valence-electron chi connectivity index (χ1n) is 4.46. The van der Waals surface area contributed by atoms with Crippen LogP contribution in [-0.2, 0) is 0 Å². The highest BCUT2D eigenvalue weighted by Gasteiger charge is 2.19. The zero-order valence-electron chi connectivity index (χ0n) is 7.27. The third-order valence-corrected chi connectivity index (χ3v) is 2.23. The molecule has 1 aliphatic carbocycles. The average Bonchev–Trinajstić information content (AvgIpc) is 2.12. The van der Waals surface area contributed by atoms with Crippen LogP contribution in [0.5, 0.6) is 5.88 Å². The smallest absolute Gasteiger partial charge is 0.213 e. The third kappa shape index (κ3) is 1.86. The van der Waals surface area contributed by atoms with E-state index in [4.69, 9.17) is 4.74 Å². The van der Waals surface area contributed by atoms with Crippen LogP contribution < -0.4 is 4.74 Å². The Morgan fingerprint density at radius 1 is 1.46 bits per heavy atom. The molecule has 0 radical (unpaired) electrons. The molecular formula is C10H11NO2. The minimum Gasteiger partial charge on any atom is -0.474 e. The molecule has 0 bridgehead atoms. The van der Waals surface area contributed by atoms with Crippen LogP contribution in [0.25, 0.3) is 0 Å². The van der Waals surface area contributed by atoms with E-state index < -0.39 is 0 Å². The number of rotatable bonds is 3. The van der Waals surface area contributed by atoms with Gasteiger partial charge < -0.3 is 4.74 Å². The van der Waals surface area contributed by atoms with E-state index in [-0.39, 0.29) is 0 Å². The van der Waals surface area contributed by atoms with Gasteiger partial charge in [-0.25, -0.2) is 4.98 Å². The van der Waals surface area contributed by atoms with E-state index >= 15 is 0 Å². The van der Waals surface area contributed by atoms with Crippen LogP contribution in [0.15, 0.2) is 18.3 Å². The summed E-state index contributed by atoms with van der Waals surface area (Å²) in [6, 6.07) is 3.45. The number of carbonyl (C=O) groups excluding carboxylic acids is 1. The molecule has 1 saturated carbocycles. The monoisotopic (exact) mass is 177 g/mol. The molecule has 3 heteroatoms. The Bertz CT molecular complexity index is 290. The van der Waals surface area contributed by atoms with Gasteiger partial charge in [0.15, 0.2) is 6.29 Å². The van der Waals surface area contributed by atoms with Gasteiger partial charge in [0.1, 0.15) is 6.10 Å². The molecule has 0 N–H and O–H groups in total. The lowest BCUT2D eigenvalue weighted by Gasteiger charge is -2.25. The van der Waals surface area contributed by atoms with Gasteiger partial charge >= 0.3 is 0 Å². The van der Waals surface area contributed by atoms with E-state index in [1.165, 1.54) is 12.6 Å². The molecule has 1 aliphatic rings. The summed E-state index contributed by atoms with van der Waals surface area (Å²) >= 11 is 0. The summed E-state index contributed by atoms with van der Waals surface area (Å²) in [7, 11) is 0. The van der Waals surface area contributed by atoms with Gasteiger partial charge in [0.2, 0.25) is 5.88 Å². The van der Waals surface area contributed by atoms with Crippen molar-refractivity contribution in [3.63, 3.8) is 0 Å². The highest BCUT2D eigenvalue weighted by molar-refractivity contribution is 5.73. The predicted octanol–water partition coefficient (Wildman–Crippen LogP) is 1.83. The number of pyridine rings is 1. The van der Waals surface area contributed by atoms with Gasteiger partial charge in [-0.2, -0.15) is 0 Å². The van der Waals surface area contributed by atoms with Gasteiger partial charge in [0, 0.05) is 17.8 Å². The molecule has 0 aliphatic heterocycles. The number of nitrogens with zero attached hydrogens (tertiary/aromatic N) is 1. The Balaban J connectivity index is 2.00. The zero-order chi connectivity index (χ0) is 9.10. The molecule has 1 aromatic heterocycles. The van der Waals surface area contributed by atoms with Crippen LogP contribution in [0.3, 0.4) is 0 Å². The molecule has 3 nitrogen and oxygen atoms in total. The molecule has 2 rings (SSSR count). The Labute approximate surface area is 76.7 Å². The standard InChI is InChI=1S/C10H11NO2/c12-7-8-4-5-10(11-6-8)13-9-2-1-3-9/h4-7,9H,1-3H2. The normalized spacial score (nSPS) is 16.3. The molecule has 13 heavy (non-hydrogen) atoms. The van der Waals surface area contributed by atoms with Gasteiger partial charge in [-0.05, 0) is 25.3 Å². The topological polar surface area (TPSA) is 39.2 Å². The number of carbonyl (C=O) groups is 1. The summed E-state index contributed by atoms with van der Waals surface area (Å²) in [5.74, 6) is 0.621. The van der Waals surface area contributed by atoms with Crippen molar-refractivity contribution in [2.45, 2.75) is 25.4 Å². The molecule has 0 amide bonds. The minimum absolute atomic E-state index is 0.342. The summed E-state index contributed by atoms with van der Waals surface area (Å²) in [6.07, 6.45) is 6.14. The third-order valence-electron chi connectivity index (χ3n) is 2.23.